The largest absolute Gasteiger partial charge is 0.417 e. The van der Waals surface area contributed by atoms with Gasteiger partial charge in [-0.25, -0.2) is 13.4 Å². The molecule has 0 radical (unpaired) electrons. The maximum Gasteiger partial charge on any atom is 0.417 e. The Labute approximate surface area is 239 Å². The van der Waals surface area contributed by atoms with Crippen LogP contribution in [0.5, 0.6) is 0 Å². The van der Waals surface area contributed by atoms with Crippen molar-refractivity contribution in [1.82, 2.24) is 14.2 Å². The van der Waals surface area contributed by atoms with E-state index in [9.17, 15) is 31.6 Å². The summed E-state index contributed by atoms with van der Waals surface area (Å²) in [5.74, 6) is 0.0515. The van der Waals surface area contributed by atoms with E-state index in [1.54, 1.807) is 43.3 Å². The van der Waals surface area contributed by atoms with Crippen LogP contribution in [0.4, 0.5) is 19.0 Å². The van der Waals surface area contributed by atoms with Crippen molar-refractivity contribution in [1.29, 1.82) is 5.26 Å². The number of hydrogen-bond acceptors (Lipinski definition) is 6. The minimum absolute atomic E-state index is 0.0826. The molecule has 0 spiro atoms. The van der Waals surface area contributed by atoms with Crippen LogP contribution in [-0.2, 0) is 16.2 Å². The van der Waals surface area contributed by atoms with E-state index in [0.29, 0.717) is 28.6 Å². The lowest BCUT2D eigenvalue weighted by Crippen LogP contribution is -2.49. The second-order valence-electron chi connectivity index (χ2n) is 9.11. The zero-order valence-electron chi connectivity index (χ0n) is 21.2. The average molecular weight is 612 g/mol. The number of amides is 1. The average Bonchev–Trinajstić information content (AvgIpc) is 2.91. The predicted molar refractivity (Wildman–Crippen MR) is 145 cm³/mol. The van der Waals surface area contributed by atoms with Gasteiger partial charge in [0.2, 0.25) is 10.0 Å². The highest BCUT2D eigenvalue weighted by Crippen LogP contribution is 2.39. The third-order valence-electron chi connectivity index (χ3n) is 6.33. The number of piperazine rings is 1. The van der Waals surface area contributed by atoms with Crippen LogP contribution in [0, 0.1) is 11.3 Å². The molecule has 0 unspecified atom stereocenters. The number of aromatic nitrogens is 1. The smallest absolute Gasteiger partial charge is 0.353 e. The highest BCUT2D eigenvalue weighted by atomic mass is 35.5. The number of pyridine rings is 1. The van der Waals surface area contributed by atoms with Gasteiger partial charge in [-0.2, -0.15) is 22.7 Å². The van der Waals surface area contributed by atoms with Gasteiger partial charge in [0.05, 0.1) is 26.7 Å². The lowest BCUT2D eigenvalue weighted by atomic mass is 10.0. The van der Waals surface area contributed by atoms with Crippen molar-refractivity contribution in [3.8, 4) is 17.2 Å². The summed E-state index contributed by atoms with van der Waals surface area (Å²) in [6, 6.07) is 11.4. The molecule has 1 aromatic heterocycles. The molecule has 40 heavy (non-hydrogen) atoms. The number of alkyl halides is 3. The van der Waals surface area contributed by atoms with Gasteiger partial charge >= 0.3 is 6.18 Å². The van der Waals surface area contributed by atoms with Gasteiger partial charge in [-0.15, -0.1) is 0 Å². The Hall–Kier alpha value is -3.37. The van der Waals surface area contributed by atoms with Crippen molar-refractivity contribution in [3.05, 3.63) is 75.4 Å². The first-order valence-electron chi connectivity index (χ1n) is 11.8. The second kappa shape index (κ2) is 11.2. The first kappa shape index (κ1) is 29.6. The molecule has 1 aliphatic heterocycles. The van der Waals surface area contributed by atoms with Crippen LogP contribution >= 0.6 is 23.2 Å². The summed E-state index contributed by atoms with van der Waals surface area (Å²) in [6.07, 6.45) is -3.38. The van der Waals surface area contributed by atoms with E-state index in [1.165, 1.54) is 11.1 Å². The summed E-state index contributed by atoms with van der Waals surface area (Å²) in [5, 5.41) is 9.53. The van der Waals surface area contributed by atoms with Gasteiger partial charge in [-0.3, -0.25) is 4.79 Å². The maximum atomic E-state index is 13.5. The molecule has 0 atom stereocenters. The molecular weight excluding hydrogens is 590 g/mol. The van der Waals surface area contributed by atoms with Crippen LogP contribution in [0.25, 0.3) is 11.1 Å². The van der Waals surface area contributed by atoms with E-state index < -0.39 is 31.7 Å². The number of anilines is 1. The second-order valence-corrected chi connectivity index (χ2v) is 11.8. The van der Waals surface area contributed by atoms with E-state index in [1.807, 2.05) is 0 Å². The Balaban J connectivity index is 1.56. The monoisotopic (exact) mass is 611 g/mol. The van der Waals surface area contributed by atoms with E-state index in [2.05, 4.69) is 11.1 Å². The van der Waals surface area contributed by atoms with Crippen molar-refractivity contribution in [3.63, 3.8) is 0 Å². The highest BCUT2D eigenvalue weighted by molar-refractivity contribution is 7.89. The maximum absolute atomic E-state index is 13.5. The highest BCUT2D eigenvalue weighted by Gasteiger charge is 2.41. The van der Waals surface area contributed by atoms with Crippen LogP contribution in [0.2, 0.25) is 10.0 Å². The number of carbonyl (C=O) groups is 1. The molecule has 2 heterocycles. The molecule has 1 amide bonds. The molecule has 0 saturated carbocycles. The molecule has 0 N–H and O–H groups in total. The van der Waals surface area contributed by atoms with Crippen molar-refractivity contribution >= 4 is 45.0 Å². The standard InChI is InChI=1S/C26H22Cl2F3N5O3S/c1-34(2)25(37)19-7-6-16(13-22(19)28)18-12-17(14-32)24(33-15-18)35-8-10-36(11-9-35)40(38,39)23-20(26(29,30)31)4-3-5-21(23)27/h3-7,12-13,15H,8-11H2,1-2H3. The van der Waals surface area contributed by atoms with Gasteiger partial charge in [0.15, 0.2) is 0 Å². The fourth-order valence-electron chi connectivity index (χ4n) is 4.32. The van der Waals surface area contributed by atoms with Crippen LogP contribution < -0.4 is 4.90 Å². The molecule has 0 aliphatic carbocycles. The molecule has 1 saturated heterocycles. The lowest BCUT2D eigenvalue weighted by molar-refractivity contribution is -0.139. The van der Waals surface area contributed by atoms with Gasteiger partial charge in [-0.05, 0) is 35.9 Å². The number of rotatable bonds is 5. The van der Waals surface area contributed by atoms with E-state index in [-0.39, 0.29) is 42.7 Å². The number of nitrogens with zero attached hydrogens (tertiary/aromatic N) is 5. The minimum atomic E-state index is -4.91. The predicted octanol–water partition coefficient (Wildman–Crippen LogP) is 5.16. The summed E-state index contributed by atoms with van der Waals surface area (Å²) in [7, 11) is -1.34. The quantitative estimate of drug-likeness (QED) is 0.395. The molecule has 14 heteroatoms. The molecule has 2 aromatic carbocycles. The van der Waals surface area contributed by atoms with E-state index in [0.717, 1.165) is 16.4 Å². The third kappa shape index (κ3) is 5.74. The molecular formula is C26H22Cl2F3N5O3S. The number of sulfonamides is 1. The van der Waals surface area contributed by atoms with Gasteiger partial charge in [0.1, 0.15) is 16.8 Å². The van der Waals surface area contributed by atoms with Crippen LogP contribution in [-0.4, -0.2) is 68.8 Å². The number of carbonyl (C=O) groups excluding carboxylic acids is 1. The van der Waals surface area contributed by atoms with Gasteiger partial charge in [-0.1, -0.05) is 35.3 Å². The van der Waals surface area contributed by atoms with Crippen LogP contribution in [0.3, 0.4) is 0 Å². The zero-order valence-corrected chi connectivity index (χ0v) is 23.5. The van der Waals surface area contributed by atoms with E-state index in [4.69, 9.17) is 23.2 Å². The van der Waals surface area contributed by atoms with Gasteiger partial charge in [0, 0.05) is 52.0 Å². The Morgan fingerprint density at radius 2 is 1.70 bits per heavy atom. The Bertz CT molecular complexity index is 1620. The van der Waals surface area contributed by atoms with Gasteiger partial charge in [0.25, 0.3) is 5.91 Å². The summed E-state index contributed by atoms with van der Waals surface area (Å²) in [4.78, 5) is 18.8. The topological polar surface area (TPSA) is 97.6 Å². The van der Waals surface area contributed by atoms with Crippen molar-refractivity contribution < 1.29 is 26.4 Å². The molecule has 1 fully saturated rings. The van der Waals surface area contributed by atoms with Crippen molar-refractivity contribution in [2.75, 3.05) is 45.2 Å². The SMILES string of the molecule is CN(C)C(=O)c1ccc(-c2cnc(N3CCN(S(=O)(=O)c4c(Cl)cccc4C(F)(F)F)CC3)c(C#N)c2)cc1Cl. The minimum Gasteiger partial charge on any atom is -0.353 e. The zero-order chi connectivity index (χ0) is 29.4. The summed E-state index contributed by atoms with van der Waals surface area (Å²) in [5.41, 5.74) is 0.416. The first-order valence-corrected chi connectivity index (χ1v) is 14.0. The number of hydrogen-bond donors (Lipinski definition) is 0. The normalized spacial score (nSPS) is 14.6. The Kier molecular flexibility index (Phi) is 8.33. The molecule has 0 bridgehead atoms. The van der Waals surface area contributed by atoms with Crippen molar-refractivity contribution in [2.45, 2.75) is 11.1 Å². The summed E-state index contributed by atoms with van der Waals surface area (Å²) < 4.78 is 68.0. The third-order valence-corrected chi connectivity index (χ3v) is 9.08. The van der Waals surface area contributed by atoms with Crippen LogP contribution in [0.1, 0.15) is 21.5 Å². The Morgan fingerprint density at radius 3 is 2.27 bits per heavy atom. The fraction of sp³-hybridized carbons (Fsp3) is 0.269. The fourth-order valence-corrected chi connectivity index (χ4v) is 6.73. The van der Waals surface area contributed by atoms with Crippen molar-refractivity contribution in [2.24, 2.45) is 0 Å². The number of nitriles is 1. The first-order chi connectivity index (χ1) is 18.8. The molecule has 1 aliphatic rings. The molecule has 4 rings (SSSR count). The number of halogens is 5. The summed E-state index contributed by atoms with van der Waals surface area (Å²) in [6.45, 7) is -0.120. The molecule has 3 aromatic rings. The van der Waals surface area contributed by atoms with E-state index >= 15 is 0 Å². The molecule has 8 nitrogen and oxygen atoms in total. The summed E-state index contributed by atoms with van der Waals surface area (Å²) >= 11 is 12.2. The lowest BCUT2D eigenvalue weighted by Gasteiger charge is -2.35. The number of benzene rings is 2. The molecule has 210 valence electrons. The van der Waals surface area contributed by atoms with Gasteiger partial charge < -0.3 is 9.80 Å². The van der Waals surface area contributed by atoms with Crippen LogP contribution in [0.15, 0.2) is 53.6 Å². The Morgan fingerprint density at radius 1 is 1.02 bits per heavy atom.